The van der Waals surface area contributed by atoms with Crippen LogP contribution in [0.5, 0.6) is 0 Å². The molecule has 2 saturated heterocycles. The van der Waals surface area contributed by atoms with Gasteiger partial charge in [-0.05, 0) is 57.9 Å². The Hall–Kier alpha value is -2.08. The van der Waals surface area contributed by atoms with Crippen LogP contribution in [0.2, 0.25) is 0 Å². The van der Waals surface area contributed by atoms with E-state index in [1.54, 1.807) is 4.90 Å². The van der Waals surface area contributed by atoms with Crippen molar-refractivity contribution in [1.82, 2.24) is 9.80 Å². The molecule has 1 atom stereocenters. The van der Waals surface area contributed by atoms with Gasteiger partial charge in [-0.15, -0.1) is 0 Å². The molecule has 160 valence electrons. The first-order chi connectivity index (χ1) is 13.8. The number of likely N-dealkylation sites (tertiary alicyclic amines) is 2. The first-order valence-electron chi connectivity index (χ1n) is 10.7. The molecule has 2 amide bonds. The summed E-state index contributed by atoms with van der Waals surface area (Å²) < 4.78 is 11.4. The molecule has 3 rings (SSSR count). The molecule has 6 heteroatoms. The van der Waals surface area contributed by atoms with Gasteiger partial charge >= 0.3 is 6.09 Å². The van der Waals surface area contributed by atoms with Crippen molar-refractivity contribution in [3.63, 3.8) is 0 Å². The molecular weight excluding hydrogens is 368 g/mol. The number of ether oxygens (including phenoxy) is 2. The van der Waals surface area contributed by atoms with E-state index in [1.165, 1.54) is 5.56 Å². The number of carbonyl (C=O) groups excluding carboxylic acids is 2. The zero-order chi connectivity index (χ0) is 20.9. The molecule has 0 saturated carbocycles. The zero-order valence-corrected chi connectivity index (χ0v) is 17.9. The third-order valence-electron chi connectivity index (χ3n) is 5.56. The molecule has 1 aromatic carbocycles. The summed E-state index contributed by atoms with van der Waals surface area (Å²) in [5.74, 6) is 0.547. The molecule has 0 unspecified atom stereocenters. The number of benzene rings is 1. The maximum atomic E-state index is 13.0. The van der Waals surface area contributed by atoms with Crippen molar-refractivity contribution in [2.75, 3.05) is 26.2 Å². The number of carbonyl (C=O) groups is 2. The Morgan fingerprint density at radius 3 is 2.38 bits per heavy atom. The molecule has 29 heavy (non-hydrogen) atoms. The number of hydrogen-bond acceptors (Lipinski definition) is 4. The quantitative estimate of drug-likeness (QED) is 0.751. The van der Waals surface area contributed by atoms with E-state index in [1.807, 2.05) is 43.9 Å². The molecule has 0 radical (unpaired) electrons. The van der Waals surface area contributed by atoms with Gasteiger partial charge in [0.05, 0.1) is 6.61 Å². The molecule has 6 nitrogen and oxygen atoms in total. The molecule has 0 N–H and O–H groups in total. The fourth-order valence-electron chi connectivity index (χ4n) is 4.01. The van der Waals surface area contributed by atoms with E-state index in [2.05, 4.69) is 12.1 Å². The Balaban J connectivity index is 1.43. The van der Waals surface area contributed by atoms with E-state index in [9.17, 15) is 9.59 Å². The van der Waals surface area contributed by atoms with Crippen LogP contribution in [-0.4, -0.2) is 59.7 Å². The molecule has 2 aliphatic rings. The van der Waals surface area contributed by atoms with Gasteiger partial charge in [0.1, 0.15) is 11.6 Å². The van der Waals surface area contributed by atoms with E-state index in [0.29, 0.717) is 19.1 Å². The second-order valence-electron chi connectivity index (χ2n) is 9.10. The predicted molar refractivity (Wildman–Crippen MR) is 111 cm³/mol. The standard InChI is InChI=1S/C23H34N2O4/c1-23(2,3)29-22(27)25-13-7-10-20(25)21(26)24-14-11-19(12-15-24)17-28-16-18-8-5-4-6-9-18/h4-6,8-9,19-20H,7,10-17H2,1-3H3/t20-/m0/s1. The highest BCUT2D eigenvalue weighted by molar-refractivity contribution is 5.86. The third-order valence-corrected chi connectivity index (χ3v) is 5.56. The molecular formula is C23H34N2O4. The van der Waals surface area contributed by atoms with Gasteiger partial charge in [-0.25, -0.2) is 4.79 Å². The summed E-state index contributed by atoms with van der Waals surface area (Å²) in [5.41, 5.74) is 0.634. The molecule has 2 aliphatic heterocycles. The average molecular weight is 403 g/mol. The van der Waals surface area contributed by atoms with Crippen LogP contribution >= 0.6 is 0 Å². The van der Waals surface area contributed by atoms with Gasteiger partial charge in [0.25, 0.3) is 0 Å². The van der Waals surface area contributed by atoms with Crippen LogP contribution in [0.1, 0.15) is 52.0 Å². The van der Waals surface area contributed by atoms with E-state index in [0.717, 1.165) is 45.4 Å². The highest BCUT2D eigenvalue weighted by atomic mass is 16.6. The van der Waals surface area contributed by atoms with Gasteiger partial charge in [-0.1, -0.05) is 30.3 Å². The Morgan fingerprint density at radius 2 is 1.72 bits per heavy atom. The number of nitrogens with zero attached hydrogens (tertiary/aromatic N) is 2. The maximum absolute atomic E-state index is 13.0. The molecule has 2 heterocycles. The summed E-state index contributed by atoms with van der Waals surface area (Å²) in [6, 6.07) is 9.80. The second kappa shape index (κ2) is 9.61. The molecule has 0 spiro atoms. The van der Waals surface area contributed by atoms with Crippen molar-refractivity contribution in [1.29, 1.82) is 0 Å². The first kappa shape index (κ1) is 21.6. The van der Waals surface area contributed by atoms with Crippen molar-refractivity contribution in [3.8, 4) is 0 Å². The Kier molecular flexibility index (Phi) is 7.17. The SMILES string of the molecule is CC(C)(C)OC(=O)N1CCC[C@H]1C(=O)N1CCC(COCc2ccccc2)CC1. The van der Waals surface area contributed by atoms with Gasteiger partial charge in [-0.3, -0.25) is 9.69 Å². The molecule has 0 bridgehead atoms. The van der Waals surface area contributed by atoms with E-state index in [4.69, 9.17) is 9.47 Å². The first-order valence-corrected chi connectivity index (χ1v) is 10.7. The Morgan fingerprint density at radius 1 is 1.03 bits per heavy atom. The normalized spacial score (nSPS) is 20.7. The van der Waals surface area contributed by atoms with Gasteiger partial charge in [0, 0.05) is 26.2 Å². The van der Waals surface area contributed by atoms with Gasteiger partial charge < -0.3 is 14.4 Å². The fourth-order valence-corrected chi connectivity index (χ4v) is 4.01. The second-order valence-corrected chi connectivity index (χ2v) is 9.10. The minimum Gasteiger partial charge on any atom is -0.444 e. The highest BCUT2D eigenvalue weighted by Crippen LogP contribution is 2.25. The lowest BCUT2D eigenvalue weighted by molar-refractivity contribution is -0.137. The molecule has 0 aromatic heterocycles. The van der Waals surface area contributed by atoms with E-state index >= 15 is 0 Å². The van der Waals surface area contributed by atoms with Crippen LogP contribution in [0, 0.1) is 5.92 Å². The number of hydrogen-bond donors (Lipinski definition) is 0. The smallest absolute Gasteiger partial charge is 0.410 e. The van der Waals surface area contributed by atoms with Crippen LogP contribution in [0.15, 0.2) is 30.3 Å². The lowest BCUT2D eigenvalue weighted by atomic mass is 9.97. The fraction of sp³-hybridized carbons (Fsp3) is 0.652. The monoisotopic (exact) mass is 402 g/mol. The summed E-state index contributed by atoms with van der Waals surface area (Å²) >= 11 is 0. The number of piperidine rings is 1. The van der Waals surface area contributed by atoms with Crippen molar-refractivity contribution < 1.29 is 19.1 Å². The topological polar surface area (TPSA) is 59.1 Å². The predicted octanol–water partition coefficient (Wildman–Crippen LogP) is 3.84. The van der Waals surface area contributed by atoms with Crippen molar-refractivity contribution in [2.24, 2.45) is 5.92 Å². The van der Waals surface area contributed by atoms with Crippen LogP contribution in [0.25, 0.3) is 0 Å². The largest absolute Gasteiger partial charge is 0.444 e. The number of amides is 2. The van der Waals surface area contributed by atoms with Crippen LogP contribution in [0.4, 0.5) is 4.79 Å². The van der Waals surface area contributed by atoms with Gasteiger partial charge in [0.2, 0.25) is 5.91 Å². The third kappa shape index (κ3) is 6.20. The van der Waals surface area contributed by atoms with Crippen molar-refractivity contribution >= 4 is 12.0 Å². The van der Waals surface area contributed by atoms with E-state index < -0.39 is 5.60 Å². The molecule has 2 fully saturated rings. The average Bonchev–Trinajstić information content (AvgIpc) is 3.18. The summed E-state index contributed by atoms with van der Waals surface area (Å²) in [6.07, 6.45) is 3.08. The van der Waals surface area contributed by atoms with Crippen molar-refractivity contribution in [2.45, 2.75) is 64.7 Å². The summed E-state index contributed by atoms with van der Waals surface area (Å²) in [6.45, 7) is 8.97. The van der Waals surface area contributed by atoms with E-state index in [-0.39, 0.29) is 18.0 Å². The maximum Gasteiger partial charge on any atom is 0.410 e. The van der Waals surface area contributed by atoms with Crippen LogP contribution in [-0.2, 0) is 20.9 Å². The molecule has 0 aliphatic carbocycles. The lowest BCUT2D eigenvalue weighted by Crippen LogP contribution is -2.51. The van der Waals surface area contributed by atoms with Crippen molar-refractivity contribution in [3.05, 3.63) is 35.9 Å². The Bertz CT molecular complexity index is 678. The highest BCUT2D eigenvalue weighted by Gasteiger charge is 2.39. The number of rotatable bonds is 5. The summed E-state index contributed by atoms with van der Waals surface area (Å²) in [7, 11) is 0. The minimum absolute atomic E-state index is 0.0667. The van der Waals surface area contributed by atoms with Crippen LogP contribution < -0.4 is 0 Å². The van der Waals surface area contributed by atoms with Crippen LogP contribution in [0.3, 0.4) is 0 Å². The minimum atomic E-state index is -0.550. The Labute approximate surface area is 174 Å². The molecule has 1 aromatic rings. The van der Waals surface area contributed by atoms with Gasteiger partial charge in [-0.2, -0.15) is 0 Å². The lowest BCUT2D eigenvalue weighted by Gasteiger charge is -2.35. The summed E-state index contributed by atoms with van der Waals surface area (Å²) in [5, 5.41) is 0. The van der Waals surface area contributed by atoms with Gasteiger partial charge in [0.15, 0.2) is 0 Å². The summed E-state index contributed by atoms with van der Waals surface area (Å²) in [4.78, 5) is 29.0. The zero-order valence-electron chi connectivity index (χ0n) is 17.9.